The molecule has 98 valence electrons. The summed E-state index contributed by atoms with van der Waals surface area (Å²) in [5, 5.41) is 13.5. The molecule has 3 amide bonds. The Hall–Kier alpha value is -1.79. The number of carbonyl (C=O) groups excluding carboxylic acids is 2. The van der Waals surface area contributed by atoms with Gasteiger partial charge in [0.2, 0.25) is 5.91 Å². The Bertz CT molecular complexity index is 313. The van der Waals surface area contributed by atoms with E-state index in [9.17, 15) is 14.4 Å². The second-order valence-electron chi connectivity index (χ2n) is 4.35. The lowest BCUT2D eigenvalue weighted by atomic mass is 10.1. The second kappa shape index (κ2) is 6.07. The molecule has 7 nitrogen and oxygen atoms in total. The van der Waals surface area contributed by atoms with Gasteiger partial charge >= 0.3 is 12.0 Å². The number of rotatable bonds is 5. The van der Waals surface area contributed by atoms with Crippen LogP contribution >= 0.6 is 0 Å². The van der Waals surface area contributed by atoms with E-state index in [-0.39, 0.29) is 18.9 Å². The van der Waals surface area contributed by atoms with E-state index in [0.29, 0.717) is 0 Å². The van der Waals surface area contributed by atoms with Gasteiger partial charge < -0.3 is 20.6 Å². The first-order valence-corrected chi connectivity index (χ1v) is 5.16. The number of urea groups is 1. The van der Waals surface area contributed by atoms with Crippen LogP contribution in [-0.2, 0) is 9.59 Å². The van der Waals surface area contributed by atoms with Crippen LogP contribution < -0.4 is 10.6 Å². The van der Waals surface area contributed by atoms with E-state index in [1.807, 2.05) is 0 Å². The number of aliphatic carboxylic acids is 1. The zero-order valence-corrected chi connectivity index (χ0v) is 10.5. The lowest BCUT2D eigenvalue weighted by molar-refractivity contribution is -0.143. The van der Waals surface area contributed by atoms with Crippen molar-refractivity contribution in [1.29, 1.82) is 0 Å². The van der Waals surface area contributed by atoms with Crippen LogP contribution in [0.2, 0.25) is 0 Å². The minimum Gasteiger partial charge on any atom is -0.480 e. The predicted octanol–water partition coefficient (Wildman–Crippen LogP) is -0.373. The Balaban J connectivity index is 3.97. The molecule has 0 radical (unpaired) electrons. The number of nitrogens with one attached hydrogen (secondary N) is 2. The van der Waals surface area contributed by atoms with Crippen LogP contribution in [0.3, 0.4) is 0 Å². The van der Waals surface area contributed by atoms with Crippen LogP contribution in [0.25, 0.3) is 0 Å². The van der Waals surface area contributed by atoms with Gasteiger partial charge in [0, 0.05) is 27.1 Å². The van der Waals surface area contributed by atoms with E-state index in [4.69, 9.17) is 5.11 Å². The van der Waals surface area contributed by atoms with Gasteiger partial charge in [0.05, 0.1) is 0 Å². The Morgan fingerprint density at radius 1 is 1.24 bits per heavy atom. The van der Waals surface area contributed by atoms with Crippen molar-refractivity contribution in [1.82, 2.24) is 15.5 Å². The smallest absolute Gasteiger partial charge is 0.328 e. The van der Waals surface area contributed by atoms with Gasteiger partial charge in [0.1, 0.15) is 5.54 Å². The fraction of sp³-hybridized carbons (Fsp3) is 0.700. The normalized spacial score (nSPS) is 10.6. The van der Waals surface area contributed by atoms with Gasteiger partial charge in [-0.05, 0) is 13.8 Å². The average molecular weight is 245 g/mol. The maximum absolute atomic E-state index is 11.3. The monoisotopic (exact) mass is 245 g/mol. The van der Waals surface area contributed by atoms with E-state index >= 15 is 0 Å². The summed E-state index contributed by atoms with van der Waals surface area (Å²) in [5.41, 5.74) is -1.34. The molecule has 3 N–H and O–H groups in total. The molecule has 0 aliphatic heterocycles. The minimum atomic E-state index is -1.34. The number of carboxylic acid groups (broad SMARTS) is 1. The number of amides is 3. The molecule has 0 saturated heterocycles. The summed E-state index contributed by atoms with van der Waals surface area (Å²) in [6, 6.07) is -0.607. The van der Waals surface area contributed by atoms with Crippen molar-refractivity contribution in [2.24, 2.45) is 0 Å². The Morgan fingerprint density at radius 3 is 2.18 bits per heavy atom. The Morgan fingerprint density at radius 2 is 1.76 bits per heavy atom. The Labute approximate surface area is 100 Å². The van der Waals surface area contributed by atoms with Crippen molar-refractivity contribution >= 4 is 17.9 Å². The fourth-order valence-electron chi connectivity index (χ4n) is 0.888. The van der Waals surface area contributed by atoms with E-state index in [2.05, 4.69) is 10.6 Å². The maximum Gasteiger partial charge on any atom is 0.328 e. The third-order valence-corrected chi connectivity index (χ3v) is 2.08. The number of carbonyl (C=O) groups is 3. The summed E-state index contributed by atoms with van der Waals surface area (Å²) < 4.78 is 0. The van der Waals surface area contributed by atoms with Crippen LogP contribution in [0.15, 0.2) is 0 Å². The molecule has 0 fully saturated rings. The molecular formula is C10H19N3O4. The molecule has 0 saturated carbocycles. The molecular weight excluding hydrogens is 226 g/mol. The van der Waals surface area contributed by atoms with E-state index in [1.54, 1.807) is 14.1 Å². The van der Waals surface area contributed by atoms with E-state index in [1.165, 1.54) is 18.7 Å². The SMILES string of the molecule is CN(C)C(=O)CCNC(=O)NC(C)(C)C(=O)O. The van der Waals surface area contributed by atoms with Gasteiger partial charge in [0.25, 0.3) is 0 Å². The van der Waals surface area contributed by atoms with Crippen LogP contribution in [0, 0.1) is 0 Å². The highest BCUT2D eigenvalue weighted by Crippen LogP contribution is 2.00. The van der Waals surface area contributed by atoms with Crippen molar-refractivity contribution in [3.05, 3.63) is 0 Å². The number of hydrogen-bond acceptors (Lipinski definition) is 3. The maximum atomic E-state index is 11.3. The number of carboxylic acids is 1. The molecule has 17 heavy (non-hydrogen) atoms. The van der Waals surface area contributed by atoms with Gasteiger partial charge in [0.15, 0.2) is 0 Å². The first kappa shape index (κ1) is 15.2. The summed E-state index contributed by atoms with van der Waals surface area (Å²) in [5.74, 6) is -1.24. The van der Waals surface area contributed by atoms with Gasteiger partial charge in [-0.3, -0.25) is 4.79 Å². The van der Waals surface area contributed by atoms with E-state index < -0.39 is 17.5 Å². The predicted molar refractivity (Wildman–Crippen MR) is 61.6 cm³/mol. The van der Waals surface area contributed by atoms with E-state index in [0.717, 1.165) is 0 Å². The molecule has 0 aliphatic carbocycles. The molecule has 0 aromatic rings. The fourth-order valence-corrected chi connectivity index (χ4v) is 0.888. The summed E-state index contributed by atoms with van der Waals surface area (Å²) in [7, 11) is 3.24. The number of hydrogen-bond donors (Lipinski definition) is 3. The molecule has 7 heteroatoms. The van der Waals surface area contributed by atoms with Crippen molar-refractivity contribution in [3.63, 3.8) is 0 Å². The summed E-state index contributed by atoms with van der Waals surface area (Å²) >= 11 is 0. The van der Waals surface area contributed by atoms with Crippen molar-refractivity contribution < 1.29 is 19.5 Å². The Kier molecular flexibility index (Phi) is 5.43. The van der Waals surface area contributed by atoms with Crippen LogP contribution in [0.1, 0.15) is 20.3 Å². The third-order valence-electron chi connectivity index (χ3n) is 2.08. The molecule has 0 spiro atoms. The molecule has 0 aromatic heterocycles. The lowest BCUT2D eigenvalue weighted by Crippen LogP contribution is -2.53. The largest absolute Gasteiger partial charge is 0.480 e. The van der Waals surface area contributed by atoms with Crippen LogP contribution in [0.5, 0.6) is 0 Å². The molecule has 0 aliphatic rings. The standard InChI is InChI=1S/C10H19N3O4/c1-10(2,8(15)16)12-9(17)11-6-5-7(14)13(3)4/h5-6H2,1-4H3,(H,15,16)(H2,11,12,17). The van der Waals surface area contributed by atoms with Crippen LogP contribution in [-0.4, -0.2) is 54.1 Å². The first-order valence-electron chi connectivity index (χ1n) is 5.16. The van der Waals surface area contributed by atoms with Gasteiger partial charge in [-0.2, -0.15) is 0 Å². The molecule has 0 heterocycles. The second-order valence-corrected chi connectivity index (χ2v) is 4.35. The summed E-state index contributed by atoms with van der Waals surface area (Å²) in [6.07, 6.45) is 0.175. The summed E-state index contributed by atoms with van der Waals surface area (Å²) in [4.78, 5) is 34.6. The first-order chi connectivity index (χ1) is 7.66. The van der Waals surface area contributed by atoms with Crippen molar-refractivity contribution in [2.45, 2.75) is 25.8 Å². The molecule has 0 rings (SSSR count). The molecule has 0 bridgehead atoms. The lowest BCUT2D eigenvalue weighted by Gasteiger charge is -2.21. The topological polar surface area (TPSA) is 98.7 Å². The van der Waals surface area contributed by atoms with Gasteiger partial charge in [-0.15, -0.1) is 0 Å². The molecule has 0 unspecified atom stereocenters. The average Bonchev–Trinajstić information content (AvgIpc) is 2.16. The van der Waals surface area contributed by atoms with Crippen LogP contribution in [0.4, 0.5) is 4.79 Å². The van der Waals surface area contributed by atoms with Crippen molar-refractivity contribution in [3.8, 4) is 0 Å². The number of nitrogens with zero attached hydrogens (tertiary/aromatic N) is 1. The van der Waals surface area contributed by atoms with Crippen molar-refractivity contribution in [2.75, 3.05) is 20.6 Å². The highest BCUT2D eigenvalue weighted by Gasteiger charge is 2.28. The highest BCUT2D eigenvalue weighted by atomic mass is 16.4. The quantitative estimate of drug-likeness (QED) is 0.615. The molecule has 0 aromatic carbocycles. The third kappa shape index (κ3) is 5.74. The zero-order valence-electron chi connectivity index (χ0n) is 10.5. The highest BCUT2D eigenvalue weighted by molar-refractivity contribution is 5.85. The van der Waals surface area contributed by atoms with Gasteiger partial charge in [-0.1, -0.05) is 0 Å². The summed E-state index contributed by atoms with van der Waals surface area (Å²) in [6.45, 7) is 2.91. The minimum absolute atomic E-state index is 0.109. The van der Waals surface area contributed by atoms with Gasteiger partial charge in [-0.25, -0.2) is 9.59 Å². The zero-order chi connectivity index (χ0) is 13.6. The molecule has 0 atom stereocenters.